The van der Waals surface area contributed by atoms with Gasteiger partial charge in [-0.2, -0.15) is 5.10 Å². The maximum Gasteiger partial charge on any atom is 0.191 e. The molecule has 0 aliphatic rings. The van der Waals surface area contributed by atoms with Crippen molar-refractivity contribution in [3.8, 4) is 0 Å². The number of aryl methyl sites for hydroxylation is 2. The number of likely N-dealkylation sites (N-methyl/N-ethyl adjacent to an activating group) is 1. The molecule has 1 aromatic heterocycles. The largest absolute Gasteiger partial charge is 0.355 e. The van der Waals surface area contributed by atoms with Gasteiger partial charge in [-0.25, -0.2) is 0 Å². The van der Waals surface area contributed by atoms with Crippen LogP contribution in [-0.2, 0) is 13.6 Å². The molecule has 0 aromatic carbocycles. The highest BCUT2D eigenvalue weighted by atomic mass is 15.3. The molecular formula is C16H32N6. The quantitative estimate of drug-likeness (QED) is 0.591. The van der Waals surface area contributed by atoms with E-state index < -0.39 is 0 Å². The Morgan fingerprint density at radius 1 is 1.27 bits per heavy atom. The summed E-state index contributed by atoms with van der Waals surface area (Å²) < 4.78 is 1.92. The summed E-state index contributed by atoms with van der Waals surface area (Å²) >= 11 is 0. The van der Waals surface area contributed by atoms with Crippen LogP contribution in [0.1, 0.15) is 37.7 Å². The Morgan fingerprint density at radius 3 is 2.36 bits per heavy atom. The summed E-state index contributed by atoms with van der Waals surface area (Å²) in [6.07, 6.45) is 0. The molecule has 0 saturated heterocycles. The van der Waals surface area contributed by atoms with Gasteiger partial charge in [0.25, 0.3) is 0 Å². The number of nitrogens with one attached hydrogen (secondary N) is 2. The van der Waals surface area contributed by atoms with Crippen molar-refractivity contribution in [2.75, 3.05) is 26.7 Å². The van der Waals surface area contributed by atoms with Gasteiger partial charge in [-0.1, -0.05) is 13.8 Å². The van der Waals surface area contributed by atoms with Gasteiger partial charge in [0.2, 0.25) is 0 Å². The summed E-state index contributed by atoms with van der Waals surface area (Å²) in [6, 6.07) is 0.482. The molecule has 2 N–H and O–H groups in total. The molecule has 0 amide bonds. The van der Waals surface area contributed by atoms with Crippen molar-refractivity contribution >= 4 is 5.96 Å². The Hall–Kier alpha value is -1.56. The normalized spacial score (nSPS) is 13.5. The van der Waals surface area contributed by atoms with E-state index in [9.17, 15) is 0 Å². The lowest BCUT2D eigenvalue weighted by Crippen LogP contribution is -2.45. The van der Waals surface area contributed by atoms with Crippen molar-refractivity contribution in [1.29, 1.82) is 0 Å². The SMILES string of the molecule is CCN(CC)C(C)CNC(=NC)NCc1c(C)nn(C)c1C. The van der Waals surface area contributed by atoms with Crippen molar-refractivity contribution in [3.05, 3.63) is 17.0 Å². The lowest BCUT2D eigenvalue weighted by molar-refractivity contribution is 0.231. The zero-order valence-electron chi connectivity index (χ0n) is 15.2. The average molecular weight is 308 g/mol. The summed E-state index contributed by atoms with van der Waals surface area (Å²) in [6.45, 7) is 14.5. The molecule has 0 bridgehead atoms. The Kier molecular flexibility index (Phi) is 7.38. The first kappa shape index (κ1) is 18.5. The van der Waals surface area contributed by atoms with Crippen LogP contribution < -0.4 is 10.6 Å². The van der Waals surface area contributed by atoms with E-state index in [1.807, 2.05) is 18.7 Å². The van der Waals surface area contributed by atoms with Gasteiger partial charge in [-0.3, -0.25) is 14.6 Å². The van der Waals surface area contributed by atoms with Crippen LogP contribution in [0, 0.1) is 13.8 Å². The highest BCUT2D eigenvalue weighted by Crippen LogP contribution is 2.10. The van der Waals surface area contributed by atoms with Gasteiger partial charge in [-0.05, 0) is 33.9 Å². The van der Waals surface area contributed by atoms with E-state index in [0.29, 0.717) is 6.04 Å². The Labute approximate surface area is 135 Å². The van der Waals surface area contributed by atoms with Crippen LogP contribution in [0.15, 0.2) is 4.99 Å². The van der Waals surface area contributed by atoms with E-state index in [1.54, 1.807) is 7.05 Å². The third-order valence-electron chi connectivity index (χ3n) is 4.32. The summed E-state index contributed by atoms with van der Waals surface area (Å²) in [5.74, 6) is 0.835. The predicted octanol–water partition coefficient (Wildman–Crippen LogP) is 1.43. The van der Waals surface area contributed by atoms with Crippen molar-refractivity contribution < 1.29 is 0 Å². The number of guanidine groups is 1. The Balaban J connectivity index is 2.53. The van der Waals surface area contributed by atoms with Crippen LogP contribution >= 0.6 is 0 Å². The van der Waals surface area contributed by atoms with E-state index in [0.717, 1.165) is 37.8 Å². The maximum absolute atomic E-state index is 4.44. The number of aromatic nitrogens is 2. The molecule has 0 spiro atoms. The molecule has 0 fully saturated rings. The van der Waals surface area contributed by atoms with Gasteiger partial charge in [0.15, 0.2) is 5.96 Å². The Bertz CT molecular complexity index is 487. The molecule has 0 aliphatic carbocycles. The number of aliphatic imine (C=N–C) groups is 1. The molecular weight excluding hydrogens is 276 g/mol. The summed E-state index contributed by atoms with van der Waals surface area (Å²) in [7, 11) is 3.78. The van der Waals surface area contributed by atoms with E-state index in [2.05, 4.69) is 53.3 Å². The molecule has 1 atom stereocenters. The monoisotopic (exact) mass is 308 g/mol. The van der Waals surface area contributed by atoms with E-state index in [-0.39, 0.29) is 0 Å². The van der Waals surface area contributed by atoms with Crippen molar-refractivity contribution in [2.24, 2.45) is 12.0 Å². The van der Waals surface area contributed by atoms with E-state index in [1.165, 1.54) is 11.3 Å². The topological polar surface area (TPSA) is 57.5 Å². The van der Waals surface area contributed by atoms with Gasteiger partial charge in [-0.15, -0.1) is 0 Å². The lowest BCUT2D eigenvalue weighted by Gasteiger charge is -2.27. The maximum atomic E-state index is 4.44. The minimum absolute atomic E-state index is 0.482. The second kappa shape index (κ2) is 8.78. The molecule has 126 valence electrons. The van der Waals surface area contributed by atoms with Crippen LogP contribution in [0.4, 0.5) is 0 Å². The van der Waals surface area contributed by atoms with Crippen LogP contribution in [0.5, 0.6) is 0 Å². The molecule has 0 radical (unpaired) electrons. The second-order valence-corrected chi connectivity index (χ2v) is 5.65. The van der Waals surface area contributed by atoms with Gasteiger partial charge in [0, 0.05) is 44.5 Å². The van der Waals surface area contributed by atoms with Crippen LogP contribution in [0.25, 0.3) is 0 Å². The smallest absolute Gasteiger partial charge is 0.191 e. The highest BCUT2D eigenvalue weighted by Gasteiger charge is 2.12. The third kappa shape index (κ3) is 4.73. The van der Waals surface area contributed by atoms with Gasteiger partial charge < -0.3 is 10.6 Å². The zero-order chi connectivity index (χ0) is 16.7. The first-order valence-electron chi connectivity index (χ1n) is 8.12. The molecule has 0 saturated carbocycles. The summed E-state index contributed by atoms with van der Waals surface area (Å²) in [5.41, 5.74) is 3.50. The van der Waals surface area contributed by atoms with Crippen molar-refractivity contribution in [1.82, 2.24) is 25.3 Å². The van der Waals surface area contributed by atoms with Gasteiger partial charge in [0.1, 0.15) is 0 Å². The number of hydrogen-bond donors (Lipinski definition) is 2. The number of nitrogens with zero attached hydrogens (tertiary/aromatic N) is 4. The summed E-state index contributed by atoms with van der Waals surface area (Å²) in [4.78, 5) is 6.73. The third-order valence-corrected chi connectivity index (χ3v) is 4.32. The molecule has 1 rings (SSSR count). The number of hydrogen-bond acceptors (Lipinski definition) is 3. The number of rotatable bonds is 7. The predicted molar refractivity (Wildman–Crippen MR) is 93.3 cm³/mol. The molecule has 22 heavy (non-hydrogen) atoms. The highest BCUT2D eigenvalue weighted by molar-refractivity contribution is 5.79. The van der Waals surface area contributed by atoms with E-state index >= 15 is 0 Å². The van der Waals surface area contributed by atoms with Gasteiger partial charge >= 0.3 is 0 Å². The minimum atomic E-state index is 0.482. The van der Waals surface area contributed by atoms with Crippen LogP contribution in [0.3, 0.4) is 0 Å². The van der Waals surface area contributed by atoms with Crippen molar-refractivity contribution in [3.63, 3.8) is 0 Å². The minimum Gasteiger partial charge on any atom is -0.355 e. The fourth-order valence-corrected chi connectivity index (χ4v) is 2.69. The first-order valence-corrected chi connectivity index (χ1v) is 8.12. The fraction of sp³-hybridized carbons (Fsp3) is 0.750. The van der Waals surface area contributed by atoms with Crippen LogP contribution in [-0.4, -0.2) is 53.4 Å². The molecule has 1 aromatic rings. The summed E-state index contributed by atoms with van der Waals surface area (Å²) in [5, 5.41) is 11.2. The fourth-order valence-electron chi connectivity index (χ4n) is 2.69. The standard InChI is InChI=1S/C16H32N6/c1-8-22(9-2)12(3)10-18-16(17-6)19-11-15-13(4)20-21(7)14(15)5/h12H,8-11H2,1-7H3,(H2,17,18,19). The van der Waals surface area contributed by atoms with Gasteiger partial charge in [0.05, 0.1) is 5.69 Å². The molecule has 1 heterocycles. The molecule has 0 aliphatic heterocycles. The van der Waals surface area contributed by atoms with Crippen molar-refractivity contribution in [2.45, 2.75) is 47.2 Å². The molecule has 6 heteroatoms. The lowest BCUT2D eigenvalue weighted by atomic mass is 10.2. The Morgan fingerprint density at radius 2 is 1.91 bits per heavy atom. The van der Waals surface area contributed by atoms with Crippen LogP contribution in [0.2, 0.25) is 0 Å². The average Bonchev–Trinajstić information content (AvgIpc) is 2.74. The molecule has 6 nitrogen and oxygen atoms in total. The second-order valence-electron chi connectivity index (χ2n) is 5.65. The van der Waals surface area contributed by atoms with E-state index in [4.69, 9.17) is 0 Å². The first-order chi connectivity index (χ1) is 10.4. The zero-order valence-corrected chi connectivity index (χ0v) is 15.2. The molecule has 1 unspecified atom stereocenters.